The second-order valence-corrected chi connectivity index (χ2v) is 13.5. The van der Waals surface area contributed by atoms with E-state index in [9.17, 15) is 18.0 Å². The Morgan fingerprint density at radius 3 is 2.26 bits per heavy atom. The van der Waals surface area contributed by atoms with Crippen LogP contribution in [0.15, 0.2) is 0 Å². The molecule has 5 heteroatoms. The van der Waals surface area contributed by atoms with Gasteiger partial charge in [-0.3, -0.25) is 0 Å². The van der Waals surface area contributed by atoms with Crippen molar-refractivity contribution in [1.29, 1.82) is 0 Å². The van der Waals surface area contributed by atoms with Gasteiger partial charge in [-0.15, -0.1) is 0 Å². The van der Waals surface area contributed by atoms with Crippen molar-refractivity contribution in [1.82, 2.24) is 0 Å². The summed E-state index contributed by atoms with van der Waals surface area (Å²) in [5.41, 5.74) is 0.646. The van der Waals surface area contributed by atoms with Crippen LogP contribution in [0.1, 0.15) is 112 Å². The average Bonchev–Trinajstić information content (AvgIpc) is 3.10. The maximum Gasteiger partial charge on any atom is 0.490 e. The fourth-order valence-electron chi connectivity index (χ4n) is 9.57. The van der Waals surface area contributed by atoms with Crippen LogP contribution >= 0.6 is 0 Å². The molecule has 2 nitrogen and oxygen atoms in total. The fourth-order valence-corrected chi connectivity index (χ4v) is 9.57. The first-order valence-corrected chi connectivity index (χ1v) is 14.1. The summed E-state index contributed by atoms with van der Waals surface area (Å²) in [6, 6.07) is 0. The van der Waals surface area contributed by atoms with Crippen molar-refractivity contribution in [3.8, 4) is 0 Å². The lowest BCUT2D eigenvalue weighted by Gasteiger charge is -2.61. The molecule has 4 rings (SSSR count). The van der Waals surface area contributed by atoms with Crippen LogP contribution in [0.25, 0.3) is 0 Å². The number of alkyl halides is 3. The molecule has 0 amide bonds. The molecule has 0 aromatic heterocycles. The van der Waals surface area contributed by atoms with Crippen LogP contribution in [0.4, 0.5) is 13.2 Å². The highest BCUT2D eigenvalue weighted by Crippen LogP contribution is 2.68. The van der Waals surface area contributed by atoms with Crippen molar-refractivity contribution in [2.75, 3.05) is 0 Å². The Morgan fingerprint density at radius 2 is 1.59 bits per heavy atom. The van der Waals surface area contributed by atoms with Crippen LogP contribution in [-0.2, 0) is 9.53 Å². The number of fused-ring (bicyclic) bond motifs is 5. The van der Waals surface area contributed by atoms with E-state index in [2.05, 4.69) is 34.6 Å². The molecular weight excluding hydrogens is 437 g/mol. The van der Waals surface area contributed by atoms with E-state index in [1.54, 1.807) is 0 Å². The summed E-state index contributed by atoms with van der Waals surface area (Å²) in [5, 5.41) is 0. The van der Waals surface area contributed by atoms with E-state index in [-0.39, 0.29) is 5.41 Å². The van der Waals surface area contributed by atoms with Gasteiger partial charge in [0.1, 0.15) is 6.10 Å². The topological polar surface area (TPSA) is 26.3 Å². The van der Waals surface area contributed by atoms with Crippen LogP contribution in [0, 0.1) is 52.3 Å². The molecule has 0 spiro atoms. The minimum atomic E-state index is -4.89. The lowest BCUT2D eigenvalue weighted by atomic mass is 9.44. The molecule has 0 aliphatic heterocycles. The molecule has 4 fully saturated rings. The van der Waals surface area contributed by atoms with E-state index < -0.39 is 18.2 Å². The molecule has 0 bridgehead atoms. The Labute approximate surface area is 205 Å². The summed E-state index contributed by atoms with van der Waals surface area (Å²) >= 11 is 0. The predicted molar refractivity (Wildman–Crippen MR) is 129 cm³/mol. The number of carbonyl (C=O) groups is 1. The largest absolute Gasteiger partial charge is 0.490 e. The quantitative estimate of drug-likeness (QED) is 0.353. The predicted octanol–water partition coefficient (Wildman–Crippen LogP) is 8.58. The number of hydrogen-bond acceptors (Lipinski definition) is 2. The second-order valence-electron chi connectivity index (χ2n) is 13.5. The second kappa shape index (κ2) is 9.61. The molecule has 4 aliphatic rings. The monoisotopic (exact) mass is 484 g/mol. The van der Waals surface area contributed by atoms with E-state index in [0.29, 0.717) is 30.1 Å². The third-order valence-corrected chi connectivity index (χ3v) is 11.3. The third kappa shape index (κ3) is 4.80. The van der Waals surface area contributed by atoms with Crippen molar-refractivity contribution < 1.29 is 22.7 Å². The summed E-state index contributed by atoms with van der Waals surface area (Å²) < 4.78 is 43.0. The van der Waals surface area contributed by atoms with Gasteiger partial charge >= 0.3 is 12.1 Å². The average molecular weight is 485 g/mol. The Balaban J connectivity index is 1.41. The highest BCUT2D eigenvalue weighted by atomic mass is 19.4. The van der Waals surface area contributed by atoms with Gasteiger partial charge in [-0.25, -0.2) is 4.79 Å². The molecule has 0 heterocycles. The van der Waals surface area contributed by atoms with Crippen LogP contribution in [-0.4, -0.2) is 18.2 Å². The molecule has 4 aliphatic carbocycles. The first-order chi connectivity index (χ1) is 15.9. The Bertz CT molecular complexity index is 733. The Morgan fingerprint density at radius 1 is 0.912 bits per heavy atom. The number of ether oxygens (including phenoxy) is 1. The summed E-state index contributed by atoms with van der Waals surface area (Å²) in [6.07, 6.45) is 8.28. The Kier molecular flexibility index (Phi) is 7.44. The van der Waals surface area contributed by atoms with E-state index >= 15 is 0 Å². The van der Waals surface area contributed by atoms with Crippen LogP contribution < -0.4 is 0 Å². The zero-order valence-corrected chi connectivity index (χ0v) is 22.1. The zero-order valence-electron chi connectivity index (χ0n) is 22.1. The maximum absolute atomic E-state index is 12.7. The summed E-state index contributed by atoms with van der Waals surface area (Å²) in [6.45, 7) is 12.2. The molecular formula is C29H47F3O2. The van der Waals surface area contributed by atoms with Gasteiger partial charge in [-0.05, 0) is 110 Å². The van der Waals surface area contributed by atoms with E-state index in [0.717, 1.165) is 42.4 Å². The molecule has 0 radical (unpaired) electrons. The third-order valence-electron chi connectivity index (χ3n) is 11.3. The van der Waals surface area contributed by atoms with Gasteiger partial charge in [-0.2, -0.15) is 13.2 Å². The standard InChI is InChI=1S/C29H47F3O2/c1-18(2)7-6-8-19(3)23-11-12-24-22-10-9-20-17-21(34-26(33)29(30,31)32)13-15-27(20,4)25(22)14-16-28(23,24)5/h18-25H,6-17H2,1-5H3/t19-,20?,21-,22+,23-,24+,25+,27+,28-/m1/s1. The number of halogens is 3. The van der Waals surface area contributed by atoms with E-state index in [4.69, 9.17) is 4.74 Å². The van der Waals surface area contributed by atoms with E-state index in [1.807, 2.05) is 0 Å². The van der Waals surface area contributed by atoms with Gasteiger partial charge in [0.05, 0.1) is 0 Å². The maximum atomic E-state index is 12.7. The minimum absolute atomic E-state index is 0.187. The summed E-state index contributed by atoms with van der Waals surface area (Å²) in [7, 11) is 0. The van der Waals surface area contributed by atoms with E-state index in [1.165, 1.54) is 51.4 Å². The molecule has 0 saturated heterocycles. The van der Waals surface area contributed by atoms with Crippen molar-refractivity contribution in [3.05, 3.63) is 0 Å². The minimum Gasteiger partial charge on any atom is -0.456 e. The van der Waals surface area contributed by atoms with Crippen molar-refractivity contribution >= 4 is 5.97 Å². The number of rotatable bonds is 6. The molecule has 34 heavy (non-hydrogen) atoms. The number of carbonyl (C=O) groups excluding carboxylic acids is 1. The van der Waals surface area contributed by atoms with Crippen LogP contribution in [0.3, 0.4) is 0 Å². The number of esters is 1. The van der Waals surface area contributed by atoms with Gasteiger partial charge in [0.2, 0.25) is 0 Å². The molecule has 9 atom stereocenters. The smallest absolute Gasteiger partial charge is 0.456 e. The van der Waals surface area contributed by atoms with Crippen molar-refractivity contribution in [3.63, 3.8) is 0 Å². The van der Waals surface area contributed by atoms with Crippen LogP contribution in [0.5, 0.6) is 0 Å². The van der Waals surface area contributed by atoms with Gasteiger partial charge in [0.25, 0.3) is 0 Å². The normalized spacial score (nSPS) is 43.1. The first kappa shape index (κ1) is 26.3. The molecule has 4 saturated carbocycles. The fraction of sp³-hybridized carbons (Fsp3) is 0.966. The lowest BCUT2D eigenvalue weighted by Crippen LogP contribution is -2.54. The SMILES string of the molecule is CC(C)CCC[C@@H](C)[C@H]1CC[C@H]2[C@@H]3CCC4C[C@H](OC(=O)C(F)(F)F)CC[C@]4(C)[C@H]3CC[C@]12C. The molecule has 0 N–H and O–H groups in total. The van der Waals surface area contributed by atoms with Gasteiger partial charge in [0, 0.05) is 0 Å². The lowest BCUT2D eigenvalue weighted by molar-refractivity contribution is -0.210. The zero-order chi connectivity index (χ0) is 24.9. The summed E-state index contributed by atoms with van der Waals surface area (Å²) in [4.78, 5) is 11.4. The van der Waals surface area contributed by atoms with Crippen molar-refractivity contribution in [2.24, 2.45) is 52.3 Å². The van der Waals surface area contributed by atoms with Gasteiger partial charge < -0.3 is 4.74 Å². The molecule has 0 aromatic carbocycles. The van der Waals surface area contributed by atoms with Crippen molar-refractivity contribution in [2.45, 2.75) is 124 Å². The first-order valence-electron chi connectivity index (χ1n) is 14.1. The van der Waals surface area contributed by atoms with Gasteiger partial charge in [-0.1, -0.05) is 53.9 Å². The molecule has 0 aromatic rings. The summed E-state index contributed by atoms with van der Waals surface area (Å²) in [5.74, 6) is 3.05. The molecule has 1 unspecified atom stereocenters. The Hall–Kier alpha value is -0.740. The highest BCUT2D eigenvalue weighted by molar-refractivity contribution is 5.75. The highest BCUT2D eigenvalue weighted by Gasteiger charge is 2.61. The number of hydrogen-bond donors (Lipinski definition) is 0. The molecule has 196 valence electrons. The van der Waals surface area contributed by atoms with Crippen LogP contribution in [0.2, 0.25) is 0 Å². The van der Waals surface area contributed by atoms with Gasteiger partial charge in [0.15, 0.2) is 0 Å².